The average Bonchev–Trinajstić information content (AvgIpc) is 3.38. The van der Waals surface area contributed by atoms with Crippen LogP contribution in [-0.4, -0.2) is 26.6 Å². The Morgan fingerprint density at radius 1 is 1.12 bits per heavy atom. The fourth-order valence-electron chi connectivity index (χ4n) is 2.90. The second-order valence-corrected chi connectivity index (χ2v) is 6.35. The molecule has 124 valence electrons. The minimum atomic E-state index is -0.252. The Balaban J connectivity index is 1.48. The standard InChI is InChI=1S/C17H19N5O2/c23-15(11-7-8-11)18-13-5-3-4-12(10-13)16(24)19-17-21-20-14-6-1-2-9-22(14)17/h3-5,10-11H,1-2,6-9H2,(H,18,23)(H,19,21,24). The maximum atomic E-state index is 12.5. The molecule has 0 radical (unpaired) electrons. The molecule has 2 amide bonds. The summed E-state index contributed by atoms with van der Waals surface area (Å²) in [4.78, 5) is 24.3. The van der Waals surface area contributed by atoms with Gasteiger partial charge in [0.05, 0.1) is 0 Å². The number of rotatable bonds is 4. The van der Waals surface area contributed by atoms with Gasteiger partial charge in [-0.15, -0.1) is 10.2 Å². The Morgan fingerprint density at radius 2 is 2.00 bits per heavy atom. The second kappa shape index (κ2) is 6.07. The van der Waals surface area contributed by atoms with Crippen LogP contribution in [0.25, 0.3) is 0 Å². The number of hydrogen-bond acceptors (Lipinski definition) is 4. The fraction of sp³-hybridized carbons (Fsp3) is 0.412. The average molecular weight is 325 g/mol. The molecule has 1 fully saturated rings. The van der Waals surface area contributed by atoms with Crippen LogP contribution in [0.2, 0.25) is 0 Å². The summed E-state index contributed by atoms with van der Waals surface area (Å²) in [6.07, 6.45) is 4.96. The van der Waals surface area contributed by atoms with Gasteiger partial charge in [0.25, 0.3) is 5.91 Å². The molecule has 2 aromatic rings. The van der Waals surface area contributed by atoms with E-state index in [1.165, 1.54) is 0 Å². The maximum absolute atomic E-state index is 12.5. The summed E-state index contributed by atoms with van der Waals surface area (Å²) >= 11 is 0. The van der Waals surface area contributed by atoms with Crippen LogP contribution in [0, 0.1) is 5.92 Å². The van der Waals surface area contributed by atoms with E-state index >= 15 is 0 Å². The van der Waals surface area contributed by atoms with Gasteiger partial charge in [-0.25, -0.2) is 0 Å². The van der Waals surface area contributed by atoms with Gasteiger partial charge < -0.3 is 5.32 Å². The summed E-state index contributed by atoms with van der Waals surface area (Å²) in [5, 5.41) is 13.9. The van der Waals surface area contributed by atoms with Crippen LogP contribution >= 0.6 is 0 Å². The predicted octanol–water partition coefficient (Wildman–Crippen LogP) is 2.22. The lowest BCUT2D eigenvalue weighted by Crippen LogP contribution is -2.19. The van der Waals surface area contributed by atoms with Crippen LogP contribution in [0.1, 0.15) is 41.9 Å². The van der Waals surface area contributed by atoms with Crippen LogP contribution in [0.4, 0.5) is 11.6 Å². The number of fused-ring (bicyclic) bond motifs is 1. The molecule has 7 heteroatoms. The van der Waals surface area contributed by atoms with E-state index in [-0.39, 0.29) is 17.7 Å². The monoisotopic (exact) mass is 325 g/mol. The number of anilines is 2. The number of amides is 2. The predicted molar refractivity (Wildman–Crippen MR) is 88.7 cm³/mol. The number of aromatic nitrogens is 3. The van der Waals surface area contributed by atoms with Gasteiger partial charge in [0.15, 0.2) is 0 Å². The third kappa shape index (κ3) is 3.02. The minimum absolute atomic E-state index is 0.0269. The molecular formula is C17H19N5O2. The summed E-state index contributed by atoms with van der Waals surface area (Å²) in [5.41, 5.74) is 1.12. The lowest BCUT2D eigenvalue weighted by molar-refractivity contribution is -0.117. The van der Waals surface area contributed by atoms with Gasteiger partial charge in [-0.1, -0.05) is 6.07 Å². The lowest BCUT2D eigenvalue weighted by atomic mass is 10.1. The van der Waals surface area contributed by atoms with Crippen molar-refractivity contribution in [2.75, 3.05) is 10.6 Å². The third-order valence-corrected chi connectivity index (χ3v) is 4.43. The van der Waals surface area contributed by atoms with Crippen molar-refractivity contribution in [2.45, 2.75) is 38.6 Å². The molecule has 1 aromatic heterocycles. The molecule has 0 bridgehead atoms. The summed E-state index contributed by atoms with van der Waals surface area (Å²) in [7, 11) is 0. The first-order chi connectivity index (χ1) is 11.7. The molecular weight excluding hydrogens is 306 g/mol. The number of nitrogens with one attached hydrogen (secondary N) is 2. The number of hydrogen-bond donors (Lipinski definition) is 2. The lowest BCUT2D eigenvalue weighted by Gasteiger charge is -2.14. The molecule has 1 aliphatic carbocycles. The molecule has 4 rings (SSSR count). The summed E-state index contributed by atoms with van der Waals surface area (Å²) < 4.78 is 1.96. The van der Waals surface area contributed by atoms with E-state index in [0.717, 1.165) is 44.5 Å². The second-order valence-electron chi connectivity index (χ2n) is 6.35. The Morgan fingerprint density at radius 3 is 2.83 bits per heavy atom. The first-order valence-corrected chi connectivity index (χ1v) is 8.35. The van der Waals surface area contributed by atoms with Crippen molar-refractivity contribution < 1.29 is 9.59 Å². The zero-order chi connectivity index (χ0) is 16.5. The molecule has 1 aliphatic heterocycles. The summed E-state index contributed by atoms with van der Waals surface area (Å²) in [5.74, 6) is 1.31. The van der Waals surface area contributed by atoms with Crippen molar-refractivity contribution in [3.63, 3.8) is 0 Å². The van der Waals surface area contributed by atoms with Gasteiger partial charge in [-0.05, 0) is 43.9 Å². The zero-order valence-corrected chi connectivity index (χ0v) is 13.3. The van der Waals surface area contributed by atoms with Crippen LogP contribution in [0.15, 0.2) is 24.3 Å². The summed E-state index contributed by atoms with van der Waals surface area (Å²) in [6, 6.07) is 6.95. The van der Waals surface area contributed by atoms with Crippen LogP contribution in [-0.2, 0) is 17.8 Å². The van der Waals surface area contributed by atoms with Crippen LogP contribution in [0.5, 0.6) is 0 Å². The Kier molecular flexibility index (Phi) is 3.76. The van der Waals surface area contributed by atoms with E-state index in [0.29, 0.717) is 17.2 Å². The van der Waals surface area contributed by atoms with Gasteiger partial charge in [-0.3, -0.25) is 19.5 Å². The van der Waals surface area contributed by atoms with E-state index in [9.17, 15) is 9.59 Å². The van der Waals surface area contributed by atoms with E-state index < -0.39 is 0 Å². The number of benzene rings is 1. The number of nitrogens with zero attached hydrogens (tertiary/aromatic N) is 3. The first kappa shape index (κ1) is 14.9. The molecule has 7 nitrogen and oxygen atoms in total. The zero-order valence-electron chi connectivity index (χ0n) is 13.3. The van der Waals surface area contributed by atoms with Gasteiger partial charge in [0.2, 0.25) is 11.9 Å². The molecule has 0 saturated heterocycles. The maximum Gasteiger partial charge on any atom is 0.258 e. The van der Waals surface area contributed by atoms with Crippen molar-refractivity contribution >= 4 is 23.5 Å². The molecule has 0 atom stereocenters. The molecule has 2 aliphatic rings. The smallest absolute Gasteiger partial charge is 0.258 e. The molecule has 2 N–H and O–H groups in total. The third-order valence-electron chi connectivity index (χ3n) is 4.43. The quantitative estimate of drug-likeness (QED) is 0.902. The van der Waals surface area contributed by atoms with E-state index in [1.807, 2.05) is 4.57 Å². The Hall–Kier alpha value is -2.70. The van der Waals surface area contributed by atoms with Crippen LogP contribution < -0.4 is 10.6 Å². The van der Waals surface area contributed by atoms with Crippen LogP contribution in [0.3, 0.4) is 0 Å². The minimum Gasteiger partial charge on any atom is -0.326 e. The Bertz CT molecular complexity index is 794. The normalized spacial score (nSPS) is 16.3. The number of carbonyl (C=O) groups excluding carboxylic acids is 2. The fourth-order valence-corrected chi connectivity index (χ4v) is 2.90. The van der Waals surface area contributed by atoms with Crippen molar-refractivity contribution in [1.82, 2.24) is 14.8 Å². The number of carbonyl (C=O) groups is 2. The SMILES string of the molecule is O=C(Nc1nnc2n1CCCC2)c1cccc(NC(=O)C2CC2)c1. The Labute approximate surface area is 139 Å². The molecule has 24 heavy (non-hydrogen) atoms. The van der Waals surface area contributed by atoms with Crippen molar-refractivity contribution in [2.24, 2.45) is 5.92 Å². The molecule has 1 saturated carbocycles. The largest absolute Gasteiger partial charge is 0.326 e. The highest BCUT2D eigenvalue weighted by atomic mass is 16.2. The van der Waals surface area contributed by atoms with E-state index in [2.05, 4.69) is 20.8 Å². The molecule has 2 heterocycles. The van der Waals surface area contributed by atoms with E-state index in [4.69, 9.17) is 0 Å². The highest BCUT2D eigenvalue weighted by molar-refractivity contribution is 6.04. The topological polar surface area (TPSA) is 88.9 Å². The first-order valence-electron chi connectivity index (χ1n) is 8.35. The van der Waals surface area contributed by atoms with E-state index in [1.54, 1.807) is 24.3 Å². The number of aryl methyl sites for hydroxylation is 1. The van der Waals surface area contributed by atoms with Crippen molar-refractivity contribution in [3.8, 4) is 0 Å². The van der Waals surface area contributed by atoms with Crippen molar-refractivity contribution in [1.29, 1.82) is 0 Å². The van der Waals surface area contributed by atoms with Gasteiger partial charge in [-0.2, -0.15) is 0 Å². The molecule has 0 unspecified atom stereocenters. The van der Waals surface area contributed by atoms with Gasteiger partial charge in [0.1, 0.15) is 5.82 Å². The highest BCUT2D eigenvalue weighted by Crippen LogP contribution is 2.30. The van der Waals surface area contributed by atoms with Gasteiger partial charge >= 0.3 is 0 Å². The highest BCUT2D eigenvalue weighted by Gasteiger charge is 2.29. The van der Waals surface area contributed by atoms with Crippen molar-refractivity contribution in [3.05, 3.63) is 35.7 Å². The summed E-state index contributed by atoms with van der Waals surface area (Å²) in [6.45, 7) is 0.829. The molecule has 1 aromatic carbocycles. The van der Waals surface area contributed by atoms with Gasteiger partial charge in [0, 0.05) is 30.1 Å². The molecule has 0 spiro atoms.